The Bertz CT molecular complexity index is 805. The molecule has 0 unspecified atom stereocenters. The molecule has 4 nitrogen and oxygen atoms in total. The minimum absolute atomic E-state index is 0.298. The van der Waals surface area contributed by atoms with Crippen LogP contribution < -0.4 is 5.32 Å². The molecule has 21 heavy (non-hydrogen) atoms. The van der Waals surface area contributed by atoms with Crippen molar-refractivity contribution in [3.8, 4) is 11.4 Å². The first kappa shape index (κ1) is 13.6. The highest BCUT2D eigenvalue weighted by atomic mass is 16.3. The Balaban J connectivity index is 2.26. The molecule has 0 aliphatic rings. The standard InChI is InChI=1S/C17H19N3O/c1-11-15(10-18-3)12(2)20(19-11)16-8-4-7-14-13(16)6-5-9-17(14)21/h4-9,18,21H,10H2,1-3H3. The normalized spacial score (nSPS) is 11.2. The highest BCUT2D eigenvalue weighted by Gasteiger charge is 2.14. The first-order valence-corrected chi connectivity index (χ1v) is 7.04. The van der Waals surface area contributed by atoms with Crippen molar-refractivity contribution in [3.63, 3.8) is 0 Å². The molecule has 0 saturated carbocycles. The Morgan fingerprint density at radius 2 is 1.81 bits per heavy atom. The van der Waals surface area contributed by atoms with Crippen molar-refractivity contribution in [1.82, 2.24) is 15.1 Å². The molecule has 108 valence electrons. The summed E-state index contributed by atoms with van der Waals surface area (Å²) in [4.78, 5) is 0. The van der Waals surface area contributed by atoms with Crippen LogP contribution in [0.25, 0.3) is 16.5 Å². The highest BCUT2D eigenvalue weighted by molar-refractivity contribution is 5.94. The van der Waals surface area contributed by atoms with Crippen LogP contribution in [-0.4, -0.2) is 21.9 Å². The Hall–Kier alpha value is -2.33. The van der Waals surface area contributed by atoms with Crippen molar-refractivity contribution < 1.29 is 5.11 Å². The molecule has 0 bridgehead atoms. The summed E-state index contributed by atoms with van der Waals surface area (Å²) in [6.45, 7) is 4.90. The van der Waals surface area contributed by atoms with E-state index in [0.29, 0.717) is 5.75 Å². The van der Waals surface area contributed by atoms with Crippen LogP contribution in [0.4, 0.5) is 0 Å². The number of rotatable bonds is 3. The number of phenols is 1. The van der Waals surface area contributed by atoms with E-state index in [2.05, 4.69) is 17.3 Å². The Morgan fingerprint density at radius 3 is 2.57 bits per heavy atom. The van der Waals surface area contributed by atoms with Crippen LogP contribution in [0.5, 0.6) is 5.75 Å². The minimum Gasteiger partial charge on any atom is -0.507 e. The van der Waals surface area contributed by atoms with Gasteiger partial charge >= 0.3 is 0 Å². The van der Waals surface area contributed by atoms with Gasteiger partial charge in [0.25, 0.3) is 0 Å². The molecular weight excluding hydrogens is 262 g/mol. The van der Waals surface area contributed by atoms with Crippen molar-refractivity contribution in [1.29, 1.82) is 0 Å². The lowest BCUT2D eigenvalue weighted by atomic mass is 10.1. The van der Waals surface area contributed by atoms with E-state index < -0.39 is 0 Å². The Kier molecular flexibility index (Phi) is 3.39. The van der Waals surface area contributed by atoms with E-state index in [-0.39, 0.29) is 0 Å². The second-order valence-corrected chi connectivity index (χ2v) is 5.24. The average molecular weight is 281 g/mol. The summed E-state index contributed by atoms with van der Waals surface area (Å²) in [5, 5.41) is 19.7. The molecule has 2 aromatic carbocycles. The zero-order valence-electron chi connectivity index (χ0n) is 12.5. The molecule has 4 heteroatoms. The summed E-state index contributed by atoms with van der Waals surface area (Å²) < 4.78 is 1.96. The summed E-state index contributed by atoms with van der Waals surface area (Å²) in [7, 11) is 1.94. The quantitative estimate of drug-likeness (QED) is 0.775. The second-order valence-electron chi connectivity index (χ2n) is 5.24. The molecular formula is C17H19N3O. The molecule has 2 N–H and O–H groups in total. The first-order valence-electron chi connectivity index (χ1n) is 7.04. The van der Waals surface area contributed by atoms with Crippen molar-refractivity contribution in [3.05, 3.63) is 53.3 Å². The number of hydrogen-bond acceptors (Lipinski definition) is 3. The van der Waals surface area contributed by atoms with E-state index in [9.17, 15) is 5.11 Å². The molecule has 1 heterocycles. The largest absolute Gasteiger partial charge is 0.507 e. The number of aromatic hydroxyl groups is 1. The number of nitrogens with one attached hydrogen (secondary N) is 1. The number of hydrogen-bond donors (Lipinski definition) is 2. The molecule has 0 amide bonds. The highest BCUT2D eigenvalue weighted by Crippen LogP contribution is 2.30. The van der Waals surface area contributed by atoms with Gasteiger partial charge in [0.05, 0.1) is 11.4 Å². The van der Waals surface area contributed by atoms with Gasteiger partial charge in [-0.05, 0) is 33.0 Å². The van der Waals surface area contributed by atoms with Crippen molar-refractivity contribution in [2.24, 2.45) is 0 Å². The lowest BCUT2D eigenvalue weighted by molar-refractivity contribution is 0.481. The van der Waals surface area contributed by atoms with Gasteiger partial charge in [-0.3, -0.25) is 0 Å². The summed E-state index contributed by atoms with van der Waals surface area (Å²) in [6.07, 6.45) is 0. The van der Waals surface area contributed by atoms with Gasteiger partial charge in [-0.15, -0.1) is 0 Å². The van der Waals surface area contributed by atoms with Crippen LogP contribution in [-0.2, 0) is 6.54 Å². The maximum Gasteiger partial charge on any atom is 0.123 e. The molecule has 0 saturated heterocycles. The molecule has 0 atom stereocenters. The lowest BCUT2D eigenvalue weighted by Gasteiger charge is -2.10. The van der Waals surface area contributed by atoms with Gasteiger partial charge in [0.15, 0.2) is 0 Å². The predicted octanol–water partition coefficient (Wildman–Crippen LogP) is 3.07. The summed E-state index contributed by atoms with van der Waals surface area (Å²) in [5.74, 6) is 0.298. The van der Waals surface area contributed by atoms with E-state index in [0.717, 1.165) is 34.4 Å². The molecule has 3 rings (SSSR count). The Morgan fingerprint density at radius 1 is 1.10 bits per heavy atom. The van der Waals surface area contributed by atoms with E-state index in [1.165, 1.54) is 5.56 Å². The lowest BCUT2D eigenvalue weighted by Crippen LogP contribution is -2.07. The fraction of sp³-hybridized carbons (Fsp3) is 0.235. The topological polar surface area (TPSA) is 50.1 Å². The smallest absolute Gasteiger partial charge is 0.123 e. The zero-order chi connectivity index (χ0) is 15.0. The molecule has 0 aliphatic carbocycles. The van der Waals surface area contributed by atoms with Crippen molar-refractivity contribution >= 4 is 10.8 Å². The number of nitrogens with zero attached hydrogens (tertiary/aromatic N) is 2. The van der Waals surface area contributed by atoms with E-state index in [1.807, 2.05) is 49.0 Å². The molecule has 0 radical (unpaired) electrons. The number of phenolic OH excluding ortho intramolecular Hbond substituents is 1. The SMILES string of the molecule is CNCc1c(C)nn(-c2cccc3c(O)cccc23)c1C. The summed E-state index contributed by atoms with van der Waals surface area (Å²) in [5.41, 5.74) is 4.36. The van der Waals surface area contributed by atoms with Crippen LogP contribution in [0.15, 0.2) is 36.4 Å². The molecule has 1 aromatic heterocycles. The van der Waals surface area contributed by atoms with Crippen LogP contribution in [0.2, 0.25) is 0 Å². The van der Waals surface area contributed by atoms with Gasteiger partial charge in [-0.2, -0.15) is 5.10 Å². The second kappa shape index (κ2) is 5.22. The number of aromatic nitrogens is 2. The van der Waals surface area contributed by atoms with Gasteiger partial charge in [-0.1, -0.05) is 24.3 Å². The number of aryl methyl sites for hydroxylation is 1. The minimum atomic E-state index is 0.298. The third-order valence-corrected chi connectivity index (χ3v) is 3.90. The molecule has 0 spiro atoms. The van der Waals surface area contributed by atoms with Crippen LogP contribution in [0.3, 0.4) is 0 Å². The third kappa shape index (κ3) is 2.17. The predicted molar refractivity (Wildman–Crippen MR) is 85.0 cm³/mol. The monoisotopic (exact) mass is 281 g/mol. The third-order valence-electron chi connectivity index (χ3n) is 3.90. The Labute approximate surface area is 124 Å². The fourth-order valence-electron chi connectivity index (χ4n) is 2.80. The van der Waals surface area contributed by atoms with Gasteiger partial charge in [0.1, 0.15) is 5.75 Å². The number of benzene rings is 2. The van der Waals surface area contributed by atoms with E-state index in [4.69, 9.17) is 0 Å². The maximum atomic E-state index is 10.0. The van der Waals surface area contributed by atoms with Gasteiger partial charge in [0.2, 0.25) is 0 Å². The molecule has 3 aromatic rings. The maximum absolute atomic E-state index is 10.0. The van der Waals surface area contributed by atoms with E-state index in [1.54, 1.807) is 6.07 Å². The van der Waals surface area contributed by atoms with Crippen molar-refractivity contribution in [2.75, 3.05) is 7.05 Å². The first-order chi connectivity index (χ1) is 10.1. The average Bonchev–Trinajstić information content (AvgIpc) is 2.76. The summed E-state index contributed by atoms with van der Waals surface area (Å²) in [6, 6.07) is 11.5. The van der Waals surface area contributed by atoms with Crippen LogP contribution in [0, 0.1) is 13.8 Å². The van der Waals surface area contributed by atoms with Gasteiger partial charge < -0.3 is 10.4 Å². The number of fused-ring (bicyclic) bond motifs is 1. The van der Waals surface area contributed by atoms with Gasteiger partial charge in [-0.25, -0.2) is 4.68 Å². The van der Waals surface area contributed by atoms with Crippen molar-refractivity contribution in [2.45, 2.75) is 20.4 Å². The van der Waals surface area contributed by atoms with Gasteiger partial charge in [0, 0.05) is 28.6 Å². The molecule has 0 aliphatic heterocycles. The van der Waals surface area contributed by atoms with E-state index >= 15 is 0 Å². The van der Waals surface area contributed by atoms with Crippen LogP contribution >= 0.6 is 0 Å². The summed E-state index contributed by atoms with van der Waals surface area (Å²) >= 11 is 0. The molecule has 0 fully saturated rings. The fourth-order valence-corrected chi connectivity index (χ4v) is 2.80. The van der Waals surface area contributed by atoms with Crippen LogP contribution in [0.1, 0.15) is 17.0 Å². The zero-order valence-corrected chi connectivity index (χ0v) is 12.5.